The highest BCUT2D eigenvalue weighted by molar-refractivity contribution is 9.10. The summed E-state index contributed by atoms with van der Waals surface area (Å²) >= 11 is 5.29. The van der Waals surface area contributed by atoms with Crippen molar-refractivity contribution in [2.24, 2.45) is 0 Å². The zero-order chi connectivity index (χ0) is 12.8. The largest absolute Gasteiger partial charge is 0.312 e. The van der Waals surface area contributed by atoms with Gasteiger partial charge in [-0.1, -0.05) is 0 Å². The molecule has 18 heavy (non-hydrogen) atoms. The topological polar surface area (TPSA) is 18.5 Å². The van der Waals surface area contributed by atoms with Gasteiger partial charge in [0, 0.05) is 47.5 Å². The Labute approximate surface area is 122 Å². The Hall–Kier alpha value is 0.0600. The molecule has 0 amide bonds. The smallest absolute Gasteiger partial charge is 0.0300 e. The number of halogens is 1. The fraction of sp³-hybridized carbons (Fsp3) is 0.692. The number of nitrogens with zero attached hydrogens (tertiary/aromatic N) is 2. The van der Waals surface area contributed by atoms with Crippen LogP contribution < -0.4 is 5.32 Å². The lowest BCUT2D eigenvalue weighted by Gasteiger charge is -2.32. The molecule has 1 aliphatic heterocycles. The number of hydrogen-bond donors (Lipinski definition) is 1. The maximum Gasteiger partial charge on any atom is 0.0300 e. The van der Waals surface area contributed by atoms with Gasteiger partial charge in [0.1, 0.15) is 0 Å². The van der Waals surface area contributed by atoms with Crippen LogP contribution in [0.3, 0.4) is 0 Å². The normalized spacial score (nSPS) is 18.3. The minimum absolute atomic E-state index is 0.999. The van der Waals surface area contributed by atoms with Crippen LogP contribution in [0.2, 0.25) is 0 Å². The monoisotopic (exact) mass is 331 g/mol. The second kappa shape index (κ2) is 7.60. The third kappa shape index (κ3) is 4.97. The number of thiophene rings is 1. The molecule has 1 N–H and O–H groups in total. The molecule has 0 radical (unpaired) electrons. The molecule has 0 unspecified atom stereocenters. The Morgan fingerprint density at radius 1 is 1.33 bits per heavy atom. The van der Waals surface area contributed by atoms with Crippen molar-refractivity contribution in [3.63, 3.8) is 0 Å². The molecular weight excluding hydrogens is 310 g/mol. The first kappa shape index (κ1) is 14.5. The van der Waals surface area contributed by atoms with Crippen molar-refractivity contribution in [3.8, 4) is 0 Å². The van der Waals surface area contributed by atoms with Crippen LogP contribution in [0, 0.1) is 0 Å². The molecular formula is C13H22BrN3S. The molecule has 1 fully saturated rings. The van der Waals surface area contributed by atoms with Crippen LogP contribution in [-0.4, -0.2) is 56.1 Å². The molecule has 1 aromatic rings. The van der Waals surface area contributed by atoms with Crippen LogP contribution in [0.15, 0.2) is 15.9 Å². The van der Waals surface area contributed by atoms with Crippen molar-refractivity contribution in [2.45, 2.75) is 13.0 Å². The SMILES string of the molecule is CN1CCN(CCCNCc2cc(Br)cs2)CC1. The highest BCUT2D eigenvalue weighted by Crippen LogP contribution is 2.19. The molecule has 2 rings (SSSR count). The van der Waals surface area contributed by atoms with Gasteiger partial charge in [0.05, 0.1) is 0 Å². The van der Waals surface area contributed by atoms with Gasteiger partial charge < -0.3 is 15.1 Å². The second-order valence-electron chi connectivity index (χ2n) is 4.91. The van der Waals surface area contributed by atoms with Gasteiger partial charge in [-0.25, -0.2) is 0 Å². The predicted molar refractivity (Wildman–Crippen MR) is 82.3 cm³/mol. The fourth-order valence-electron chi connectivity index (χ4n) is 2.16. The second-order valence-corrected chi connectivity index (χ2v) is 6.82. The first-order valence-corrected chi connectivity index (χ1v) is 8.26. The molecule has 1 aromatic heterocycles. The third-order valence-corrected chi connectivity index (χ3v) is 5.04. The van der Waals surface area contributed by atoms with E-state index in [2.05, 4.69) is 49.5 Å². The van der Waals surface area contributed by atoms with E-state index in [1.165, 1.54) is 48.5 Å². The summed E-state index contributed by atoms with van der Waals surface area (Å²) in [5.41, 5.74) is 0. The summed E-state index contributed by atoms with van der Waals surface area (Å²) in [7, 11) is 2.21. The Morgan fingerprint density at radius 3 is 2.78 bits per heavy atom. The molecule has 0 aromatic carbocycles. The maximum absolute atomic E-state index is 3.52. The van der Waals surface area contributed by atoms with Crippen molar-refractivity contribution in [1.82, 2.24) is 15.1 Å². The third-order valence-electron chi connectivity index (χ3n) is 3.34. The van der Waals surface area contributed by atoms with Crippen molar-refractivity contribution >= 4 is 27.3 Å². The van der Waals surface area contributed by atoms with Gasteiger partial charge >= 0.3 is 0 Å². The van der Waals surface area contributed by atoms with Crippen molar-refractivity contribution in [3.05, 3.63) is 20.8 Å². The molecule has 1 aliphatic rings. The number of piperazine rings is 1. The van der Waals surface area contributed by atoms with Crippen LogP contribution in [-0.2, 0) is 6.54 Å². The van der Waals surface area contributed by atoms with Crippen molar-refractivity contribution < 1.29 is 0 Å². The fourth-order valence-corrected chi connectivity index (χ4v) is 3.58. The van der Waals surface area contributed by atoms with E-state index in [4.69, 9.17) is 0 Å². The van der Waals surface area contributed by atoms with E-state index in [1.807, 2.05) is 11.3 Å². The van der Waals surface area contributed by atoms with Gasteiger partial charge in [-0.15, -0.1) is 11.3 Å². The quantitative estimate of drug-likeness (QED) is 0.806. The Morgan fingerprint density at radius 2 is 2.11 bits per heavy atom. The van der Waals surface area contributed by atoms with Gasteiger partial charge in [-0.3, -0.25) is 0 Å². The van der Waals surface area contributed by atoms with E-state index in [1.54, 1.807) is 0 Å². The minimum atomic E-state index is 0.999. The van der Waals surface area contributed by atoms with Crippen LogP contribution in [0.4, 0.5) is 0 Å². The lowest BCUT2D eigenvalue weighted by atomic mass is 10.3. The van der Waals surface area contributed by atoms with Gasteiger partial charge in [0.2, 0.25) is 0 Å². The summed E-state index contributed by atoms with van der Waals surface area (Å²) in [6.07, 6.45) is 1.25. The first-order chi connectivity index (χ1) is 8.74. The van der Waals surface area contributed by atoms with Crippen LogP contribution in [0.5, 0.6) is 0 Å². The van der Waals surface area contributed by atoms with Crippen LogP contribution >= 0.6 is 27.3 Å². The maximum atomic E-state index is 3.52. The van der Waals surface area contributed by atoms with Crippen LogP contribution in [0.25, 0.3) is 0 Å². The number of nitrogens with one attached hydrogen (secondary N) is 1. The standard InChI is InChI=1S/C13H22BrN3S/c1-16-5-7-17(8-6-16)4-2-3-15-10-13-9-12(14)11-18-13/h9,11,15H,2-8,10H2,1H3. The van der Waals surface area contributed by atoms with E-state index < -0.39 is 0 Å². The van der Waals surface area contributed by atoms with Crippen molar-refractivity contribution in [1.29, 1.82) is 0 Å². The first-order valence-electron chi connectivity index (χ1n) is 6.58. The van der Waals surface area contributed by atoms with Crippen molar-refractivity contribution in [2.75, 3.05) is 46.3 Å². The molecule has 0 aliphatic carbocycles. The Balaban J connectivity index is 1.51. The van der Waals surface area contributed by atoms with E-state index in [9.17, 15) is 0 Å². The number of likely N-dealkylation sites (N-methyl/N-ethyl adjacent to an activating group) is 1. The highest BCUT2D eigenvalue weighted by atomic mass is 79.9. The Kier molecular flexibility index (Phi) is 6.11. The molecule has 102 valence electrons. The van der Waals surface area contributed by atoms with Gasteiger partial charge in [0.25, 0.3) is 0 Å². The summed E-state index contributed by atoms with van der Waals surface area (Å²) in [5.74, 6) is 0. The molecule has 0 atom stereocenters. The molecule has 5 heteroatoms. The molecule has 0 saturated carbocycles. The molecule has 3 nitrogen and oxygen atoms in total. The van der Waals surface area contributed by atoms with Gasteiger partial charge in [-0.05, 0) is 48.6 Å². The average molecular weight is 332 g/mol. The van der Waals surface area contributed by atoms with Crippen LogP contribution in [0.1, 0.15) is 11.3 Å². The minimum Gasteiger partial charge on any atom is -0.312 e. The summed E-state index contributed by atoms with van der Waals surface area (Å²) < 4.78 is 1.20. The van der Waals surface area contributed by atoms with Gasteiger partial charge in [0.15, 0.2) is 0 Å². The number of hydrogen-bond acceptors (Lipinski definition) is 4. The molecule has 1 saturated heterocycles. The zero-order valence-corrected chi connectivity index (χ0v) is 13.4. The predicted octanol–water partition coefficient (Wildman–Crippen LogP) is 2.24. The highest BCUT2D eigenvalue weighted by Gasteiger charge is 2.12. The molecule has 2 heterocycles. The summed E-state index contributed by atoms with van der Waals surface area (Å²) in [4.78, 5) is 6.38. The van der Waals surface area contributed by atoms with E-state index >= 15 is 0 Å². The zero-order valence-electron chi connectivity index (χ0n) is 11.0. The number of rotatable bonds is 6. The van der Waals surface area contributed by atoms with E-state index in [-0.39, 0.29) is 0 Å². The van der Waals surface area contributed by atoms with Gasteiger partial charge in [-0.2, -0.15) is 0 Å². The Bertz CT molecular complexity index is 348. The summed E-state index contributed by atoms with van der Waals surface area (Å²) in [6.45, 7) is 8.24. The summed E-state index contributed by atoms with van der Waals surface area (Å²) in [5, 5.41) is 5.66. The molecule has 0 spiro atoms. The lowest BCUT2D eigenvalue weighted by molar-refractivity contribution is 0.153. The molecule has 0 bridgehead atoms. The van der Waals surface area contributed by atoms with E-state index in [0.717, 1.165) is 13.1 Å². The lowest BCUT2D eigenvalue weighted by Crippen LogP contribution is -2.45. The average Bonchev–Trinajstić information content (AvgIpc) is 2.77. The van der Waals surface area contributed by atoms with E-state index in [0.29, 0.717) is 0 Å². The summed E-state index contributed by atoms with van der Waals surface area (Å²) in [6, 6.07) is 2.19.